The van der Waals surface area contributed by atoms with Gasteiger partial charge in [0.05, 0.1) is 12.4 Å². The van der Waals surface area contributed by atoms with Gasteiger partial charge in [0.25, 0.3) is 0 Å². The van der Waals surface area contributed by atoms with E-state index < -0.39 is 0 Å². The second kappa shape index (κ2) is 5.84. The molecule has 0 aliphatic carbocycles. The highest BCUT2D eigenvalue weighted by Crippen LogP contribution is 2.22. The van der Waals surface area contributed by atoms with Crippen molar-refractivity contribution in [2.45, 2.75) is 30.7 Å². The summed E-state index contributed by atoms with van der Waals surface area (Å²) in [5.74, 6) is 1.77. The van der Waals surface area contributed by atoms with Crippen LogP contribution in [0.5, 0.6) is 0 Å². The van der Waals surface area contributed by atoms with E-state index in [2.05, 4.69) is 17.0 Å². The number of aromatic nitrogens is 3. The van der Waals surface area contributed by atoms with Gasteiger partial charge in [0.2, 0.25) is 0 Å². The maximum Gasteiger partial charge on any atom is 0.138 e. The molecule has 0 aliphatic rings. The Morgan fingerprint density at radius 2 is 2.29 bits per heavy atom. The van der Waals surface area contributed by atoms with E-state index in [9.17, 15) is 0 Å². The summed E-state index contributed by atoms with van der Waals surface area (Å²) in [6.07, 6.45) is 1.59. The lowest BCUT2D eigenvalue weighted by Crippen LogP contribution is -2.01. The van der Waals surface area contributed by atoms with E-state index in [0.717, 1.165) is 28.6 Å². The normalized spacial score (nSPS) is 10.7. The van der Waals surface area contributed by atoms with Crippen molar-refractivity contribution in [3.05, 3.63) is 42.0 Å². The summed E-state index contributed by atoms with van der Waals surface area (Å²) >= 11 is 1.70. The van der Waals surface area contributed by atoms with Crippen molar-refractivity contribution in [3.63, 3.8) is 0 Å². The number of thioether (sulfide) groups is 1. The maximum atomic E-state index is 9.06. The van der Waals surface area contributed by atoms with Gasteiger partial charge >= 0.3 is 0 Å². The van der Waals surface area contributed by atoms with E-state index in [4.69, 9.17) is 5.11 Å². The lowest BCUT2D eigenvalue weighted by atomic mass is 10.2. The SMILES string of the molecule is CCn1ncnc1CSc1cccc(CO)c1. The second-order valence-corrected chi connectivity index (χ2v) is 4.63. The van der Waals surface area contributed by atoms with Crippen LogP contribution in [0.4, 0.5) is 0 Å². The first kappa shape index (κ1) is 12.1. The molecule has 0 atom stereocenters. The predicted molar refractivity (Wildman–Crippen MR) is 67.6 cm³/mol. The lowest BCUT2D eigenvalue weighted by molar-refractivity contribution is 0.281. The van der Waals surface area contributed by atoms with Gasteiger partial charge in [-0.05, 0) is 24.6 Å². The minimum atomic E-state index is 0.0829. The molecule has 0 saturated carbocycles. The molecule has 0 amide bonds. The average molecular weight is 249 g/mol. The average Bonchev–Trinajstić information content (AvgIpc) is 2.84. The molecule has 0 bridgehead atoms. The number of aliphatic hydroxyl groups is 1. The molecule has 0 aliphatic heterocycles. The van der Waals surface area contributed by atoms with Gasteiger partial charge in [-0.3, -0.25) is 0 Å². The summed E-state index contributed by atoms with van der Waals surface area (Å²) in [6.45, 7) is 2.97. The van der Waals surface area contributed by atoms with Gasteiger partial charge in [0.15, 0.2) is 0 Å². The molecule has 4 nitrogen and oxygen atoms in total. The molecule has 1 aromatic carbocycles. The van der Waals surface area contributed by atoms with Crippen LogP contribution >= 0.6 is 11.8 Å². The summed E-state index contributed by atoms with van der Waals surface area (Å²) in [6, 6.07) is 7.91. The number of benzene rings is 1. The van der Waals surface area contributed by atoms with Crippen molar-refractivity contribution >= 4 is 11.8 Å². The topological polar surface area (TPSA) is 50.9 Å². The second-order valence-electron chi connectivity index (χ2n) is 3.59. The Labute approximate surface area is 105 Å². The number of rotatable bonds is 5. The molecule has 0 saturated heterocycles. The highest BCUT2D eigenvalue weighted by Gasteiger charge is 2.03. The van der Waals surface area contributed by atoms with Gasteiger partial charge in [-0.1, -0.05) is 12.1 Å². The Hall–Kier alpha value is -1.33. The largest absolute Gasteiger partial charge is 0.392 e. The van der Waals surface area contributed by atoms with Crippen LogP contribution in [-0.4, -0.2) is 19.9 Å². The van der Waals surface area contributed by atoms with Gasteiger partial charge < -0.3 is 5.11 Å². The van der Waals surface area contributed by atoms with Crippen molar-refractivity contribution in [2.24, 2.45) is 0 Å². The molecule has 0 spiro atoms. The third-order valence-electron chi connectivity index (χ3n) is 2.44. The van der Waals surface area contributed by atoms with Crippen LogP contribution in [0.1, 0.15) is 18.3 Å². The van der Waals surface area contributed by atoms with Crippen LogP contribution in [0.2, 0.25) is 0 Å². The molecule has 17 heavy (non-hydrogen) atoms. The van der Waals surface area contributed by atoms with E-state index >= 15 is 0 Å². The molecule has 0 radical (unpaired) electrons. The van der Waals surface area contributed by atoms with Crippen molar-refractivity contribution in [3.8, 4) is 0 Å². The Kier molecular flexibility index (Phi) is 4.17. The van der Waals surface area contributed by atoms with Crippen LogP contribution in [-0.2, 0) is 18.9 Å². The van der Waals surface area contributed by atoms with E-state index in [-0.39, 0.29) is 6.61 Å². The summed E-state index contributed by atoms with van der Waals surface area (Å²) < 4.78 is 1.89. The van der Waals surface area contributed by atoms with Gasteiger partial charge in [-0.25, -0.2) is 9.67 Å². The fourth-order valence-electron chi connectivity index (χ4n) is 1.55. The number of aliphatic hydroxyl groups excluding tert-OH is 1. The Morgan fingerprint density at radius 1 is 1.41 bits per heavy atom. The van der Waals surface area contributed by atoms with Crippen LogP contribution in [0, 0.1) is 0 Å². The smallest absolute Gasteiger partial charge is 0.138 e. The quantitative estimate of drug-likeness (QED) is 0.824. The highest BCUT2D eigenvalue weighted by molar-refractivity contribution is 7.98. The monoisotopic (exact) mass is 249 g/mol. The minimum Gasteiger partial charge on any atom is -0.392 e. The lowest BCUT2D eigenvalue weighted by Gasteiger charge is -2.04. The van der Waals surface area contributed by atoms with E-state index in [1.807, 2.05) is 28.9 Å². The Bertz CT molecular complexity index is 484. The zero-order chi connectivity index (χ0) is 12.1. The van der Waals surface area contributed by atoms with Crippen molar-refractivity contribution in [1.29, 1.82) is 0 Å². The number of hydrogen-bond acceptors (Lipinski definition) is 4. The number of nitrogens with zero attached hydrogens (tertiary/aromatic N) is 3. The van der Waals surface area contributed by atoms with E-state index in [1.165, 1.54) is 0 Å². The molecular weight excluding hydrogens is 234 g/mol. The van der Waals surface area contributed by atoms with Crippen LogP contribution in [0.3, 0.4) is 0 Å². The van der Waals surface area contributed by atoms with Gasteiger partial charge in [0.1, 0.15) is 12.2 Å². The van der Waals surface area contributed by atoms with Crippen LogP contribution < -0.4 is 0 Å². The van der Waals surface area contributed by atoms with Crippen molar-refractivity contribution in [1.82, 2.24) is 14.8 Å². The molecule has 1 N–H and O–H groups in total. The third kappa shape index (κ3) is 3.08. The number of aryl methyl sites for hydroxylation is 1. The first-order chi connectivity index (χ1) is 8.33. The summed E-state index contributed by atoms with van der Waals surface area (Å²) in [5.41, 5.74) is 0.937. The van der Waals surface area contributed by atoms with Crippen molar-refractivity contribution in [2.75, 3.05) is 0 Å². The molecule has 2 aromatic rings. The predicted octanol–water partition coefficient (Wildman–Crippen LogP) is 2.08. The van der Waals surface area contributed by atoms with Gasteiger partial charge in [0, 0.05) is 11.4 Å². The van der Waals surface area contributed by atoms with Crippen LogP contribution in [0.15, 0.2) is 35.5 Å². The molecule has 90 valence electrons. The first-order valence-electron chi connectivity index (χ1n) is 5.52. The summed E-state index contributed by atoms with van der Waals surface area (Å²) in [5, 5.41) is 13.2. The summed E-state index contributed by atoms with van der Waals surface area (Å²) in [4.78, 5) is 5.37. The molecule has 2 rings (SSSR count). The van der Waals surface area contributed by atoms with Gasteiger partial charge in [-0.15, -0.1) is 11.8 Å². The highest BCUT2D eigenvalue weighted by atomic mass is 32.2. The maximum absolute atomic E-state index is 9.06. The Balaban J connectivity index is 2.02. The van der Waals surface area contributed by atoms with E-state index in [0.29, 0.717) is 0 Å². The minimum absolute atomic E-state index is 0.0829. The standard InChI is InChI=1S/C12H15N3OS/c1-2-15-12(13-9-14-15)8-17-11-5-3-4-10(6-11)7-16/h3-6,9,16H,2,7-8H2,1H3. The molecule has 0 fully saturated rings. The molecular formula is C12H15N3OS. The number of hydrogen-bond donors (Lipinski definition) is 1. The summed E-state index contributed by atoms with van der Waals surface area (Å²) in [7, 11) is 0. The first-order valence-corrected chi connectivity index (χ1v) is 6.51. The zero-order valence-corrected chi connectivity index (χ0v) is 10.5. The van der Waals surface area contributed by atoms with Gasteiger partial charge in [-0.2, -0.15) is 5.10 Å². The molecule has 0 unspecified atom stereocenters. The van der Waals surface area contributed by atoms with E-state index in [1.54, 1.807) is 18.1 Å². The molecule has 5 heteroatoms. The fraction of sp³-hybridized carbons (Fsp3) is 0.333. The van der Waals surface area contributed by atoms with Crippen LogP contribution in [0.25, 0.3) is 0 Å². The van der Waals surface area contributed by atoms with Crippen molar-refractivity contribution < 1.29 is 5.11 Å². The third-order valence-corrected chi connectivity index (χ3v) is 3.43. The molecule has 1 heterocycles. The fourth-order valence-corrected chi connectivity index (χ4v) is 2.47. The molecule has 1 aromatic heterocycles. The Morgan fingerprint density at radius 3 is 3.06 bits per heavy atom. The zero-order valence-electron chi connectivity index (χ0n) is 9.71.